The molecule has 9 heteroatoms. The van der Waals surface area contributed by atoms with Crippen molar-refractivity contribution in [3.05, 3.63) is 65.9 Å². The Hall–Kier alpha value is -3.75. The summed E-state index contributed by atoms with van der Waals surface area (Å²) in [4.78, 5) is 26.3. The molecule has 4 rings (SSSR count). The number of rotatable bonds is 6. The topological polar surface area (TPSA) is 81.9 Å². The Kier molecular flexibility index (Phi) is 5.66. The second-order valence-corrected chi connectivity index (χ2v) is 7.02. The van der Waals surface area contributed by atoms with Crippen LogP contribution in [0.2, 0.25) is 0 Å². The van der Waals surface area contributed by atoms with Gasteiger partial charge in [0.05, 0.1) is 18.6 Å². The molecule has 2 aromatic carbocycles. The molecule has 1 amide bonds. The third-order valence-electron chi connectivity index (χ3n) is 4.94. The van der Waals surface area contributed by atoms with E-state index in [9.17, 15) is 18.4 Å². The zero-order valence-corrected chi connectivity index (χ0v) is 16.5. The molecule has 0 bridgehead atoms. The van der Waals surface area contributed by atoms with Crippen molar-refractivity contribution in [3.8, 4) is 17.1 Å². The van der Waals surface area contributed by atoms with Crippen LogP contribution in [-0.2, 0) is 20.9 Å². The first-order chi connectivity index (χ1) is 14.9. The zero-order valence-electron chi connectivity index (χ0n) is 16.5. The Morgan fingerprint density at radius 3 is 2.84 bits per heavy atom. The maximum atomic E-state index is 13.9. The molecule has 31 heavy (non-hydrogen) atoms. The van der Waals surface area contributed by atoms with Gasteiger partial charge in [-0.1, -0.05) is 11.2 Å². The number of aromatic nitrogens is 1. The van der Waals surface area contributed by atoms with Crippen LogP contribution in [0.5, 0.6) is 5.75 Å². The van der Waals surface area contributed by atoms with Gasteiger partial charge in [-0.3, -0.25) is 9.59 Å². The predicted molar refractivity (Wildman–Crippen MR) is 105 cm³/mol. The first-order valence-electron chi connectivity index (χ1n) is 9.46. The van der Waals surface area contributed by atoms with Crippen molar-refractivity contribution < 1.29 is 32.4 Å². The van der Waals surface area contributed by atoms with Crippen LogP contribution in [0.1, 0.15) is 12.1 Å². The summed E-state index contributed by atoms with van der Waals surface area (Å²) in [6, 6.07) is 11.5. The number of ether oxygens (including phenoxy) is 2. The molecule has 0 N–H and O–H groups in total. The van der Waals surface area contributed by atoms with Crippen LogP contribution < -0.4 is 9.64 Å². The van der Waals surface area contributed by atoms with Gasteiger partial charge in [-0.2, -0.15) is 0 Å². The summed E-state index contributed by atoms with van der Waals surface area (Å²) in [5, 5.41) is 3.75. The van der Waals surface area contributed by atoms with Crippen LogP contribution in [0, 0.1) is 17.6 Å². The largest absolute Gasteiger partial charge is 0.497 e. The van der Waals surface area contributed by atoms with E-state index in [1.807, 2.05) is 0 Å². The molecule has 1 atom stereocenters. The van der Waals surface area contributed by atoms with Gasteiger partial charge < -0.3 is 18.9 Å². The van der Waals surface area contributed by atoms with E-state index in [2.05, 4.69) is 5.16 Å². The summed E-state index contributed by atoms with van der Waals surface area (Å²) in [6.07, 6.45) is 0.0287. The average Bonchev–Trinajstić information content (AvgIpc) is 3.39. The van der Waals surface area contributed by atoms with E-state index < -0.39 is 23.5 Å². The van der Waals surface area contributed by atoms with Crippen LogP contribution in [0.15, 0.2) is 53.1 Å². The van der Waals surface area contributed by atoms with Crippen molar-refractivity contribution >= 4 is 17.6 Å². The number of carbonyl (C=O) groups excluding carboxylic acids is 2. The molecule has 1 aliphatic rings. The third-order valence-corrected chi connectivity index (χ3v) is 4.94. The van der Waals surface area contributed by atoms with Gasteiger partial charge in [-0.25, -0.2) is 8.78 Å². The van der Waals surface area contributed by atoms with Crippen molar-refractivity contribution in [2.24, 2.45) is 5.92 Å². The minimum Gasteiger partial charge on any atom is -0.497 e. The van der Waals surface area contributed by atoms with Crippen LogP contribution >= 0.6 is 0 Å². The molecule has 1 unspecified atom stereocenters. The number of hydrogen-bond acceptors (Lipinski definition) is 6. The monoisotopic (exact) mass is 428 g/mol. The highest BCUT2D eigenvalue weighted by Gasteiger charge is 2.36. The number of benzene rings is 2. The lowest BCUT2D eigenvalue weighted by molar-refractivity contribution is -0.149. The molecule has 1 aromatic heterocycles. The highest BCUT2D eigenvalue weighted by Crippen LogP contribution is 2.29. The normalized spacial score (nSPS) is 15.9. The summed E-state index contributed by atoms with van der Waals surface area (Å²) in [5.74, 6) is -2.16. The van der Waals surface area contributed by atoms with Crippen molar-refractivity contribution in [3.63, 3.8) is 0 Å². The van der Waals surface area contributed by atoms with Crippen LogP contribution in [0.4, 0.5) is 14.5 Å². The number of esters is 1. The van der Waals surface area contributed by atoms with Gasteiger partial charge in [-0.15, -0.1) is 0 Å². The fraction of sp³-hybridized carbons (Fsp3) is 0.227. The molecule has 1 aliphatic heterocycles. The Morgan fingerprint density at radius 2 is 2.06 bits per heavy atom. The van der Waals surface area contributed by atoms with Crippen molar-refractivity contribution in [1.29, 1.82) is 0 Å². The highest BCUT2D eigenvalue weighted by molar-refractivity contribution is 5.99. The quantitative estimate of drug-likeness (QED) is 0.557. The second kappa shape index (κ2) is 8.55. The molecular weight excluding hydrogens is 410 g/mol. The number of amides is 1. The molecular formula is C22H18F2N2O5. The Bertz CT molecular complexity index is 1130. The summed E-state index contributed by atoms with van der Waals surface area (Å²) >= 11 is 0. The zero-order chi connectivity index (χ0) is 22.0. The number of nitrogens with zero attached hydrogens (tertiary/aromatic N) is 2. The van der Waals surface area contributed by atoms with Crippen molar-refractivity contribution in [2.45, 2.75) is 13.0 Å². The second-order valence-electron chi connectivity index (χ2n) is 7.02. The maximum absolute atomic E-state index is 13.9. The molecule has 1 fully saturated rings. The van der Waals surface area contributed by atoms with Gasteiger partial charge in [0.2, 0.25) is 5.91 Å². The van der Waals surface area contributed by atoms with Gasteiger partial charge in [-0.05, 0) is 24.3 Å². The van der Waals surface area contributed by atoms with E-state index in [-0.39, 0.29) is 42.5 Å². The number of hydrogen-bond donors (Lipinski definition) is 0. The van der Waals surface area contributed by atoms with Gasteiger partial charge in [0.25, 0.3) is 0 Å². The fourth-order valence-corrected chi connectivity index (χ4v) is 3.35. The number of halogens is 2. The summed E-state index contributed by atoms with van der Waals surface area (Å²) in [5.41, 5.74) is 0.949. The molecule has 2 heterocycles. The van der Waals surface area contributed by atoms with Crippen LogP contribution in [0.25, 0.3) is 11.3 Å². The number of anilines is 1. The Balaban J connectivity index is 1.37. The minimum atomic E-state index is -0.790. The standard InChI is InChI=1S/C22H18F2N2O5/c1-29-17-4-2-3-16(10-17)26-11-13(7-21(26)27)22(28)30-12-15-9-20(31-25-15)18-6-5-14(23)8-19(18)24/h2-6,8-10,13H,7,11-12H2,1H3. The van der Waals surface area contributed by atoms with E-state index in [0.29, 0.717) is 11.4 Å². The fourth-order valence-electron chi connectivity index (χ4n) is 3.35. The van der Waals surface area contributed by atoms with E-state index in [1.54, 1.807) is 24.3 Å². The van der Waals surface area contributed by atoms with Crippen LogP contribution in [-0.4, -0.2) is 30.7 Å². The SMILES string of the molecule is COc1cccc(N2CC(C(=O)OCc3cc(-c4ccc(F)cc4F)on3)CC2=O)c1. The minimum absolute atomic E-state index is 0.0287. The van der Waals surface area contributed by atoms with Crippen LogP contribution in [0.3, 0.4) is 0 Å². The summed E-state index contributed by atoms with van der Waals surface area (Å²) in [6.45, 7) is -0.00924. The Morgan fingerprint density at radius 1 is 1.23 bits per heavy atom. The average molecular weight is 428 g/mol. The van der Waals surface area contributed by atoms with Gasteiger partial charge in [0.15, 0.2) is 5.76 Å². The van der Waals surface area contributed by atoms with E-state index in [4.69, 9.17) is 14.0 Å². The van der Waals surface area contributed by atoms with Crippen molar-refractivity contribution in [1.82, 2.24) is 5.16 Å². The predicted octanol–water partition coefficient (Wildman–Crippen LogP) is 3.72. The third kappa shape index (κ3) is 4.40. The molecule has 0 saturated carbocycles. The molecule has 0 spiro atoms. The summed E-state index contributed by atoms with van der Waals surface area (Å²) in [7, 11) is 1.53. The van der Waals surface area contributed by atoms with Crippen molar-refractivity contribution in [2.75, 3.05) is 18.6 Å². The Labute approximate surface area is 176 Å². The maximum Gasteiger partial charge on any atom is 0.311 e. The first kappa shape index (κ1) is 20.5. The molecule has 160 valence electrons. The first-order valence-corrected chi connectivity index (χ1v) is 9.46. The summed E-state index contributed by atoms with van der Waals surface area (Å²) < 4.78 is 42.4. The molecule has 0 radical (unpaired) electrons. The number of carbonyl (C=O) groups is 2. The van der Waals surface area contributed by atoms with Gasteiger partial charge in [0.1, 0.15) is 29.7 Å². The van der Waals surface area contributed by atoms with E-state index >= 15 is 0 Å². The van der Waals surface area contributed by atoms with E-state index in [1.165, 1.54) is 24.1 Å². The van der Waals surface area contributed by atoms with Gasteiger partial charge >= 0.3 is 5.97 Å². The highest BCUT2D eigenvalue weighted by atomic mass is 19.1. The lowest BCUT2D eigenvalue weighted by atomic mass is 10.1. The lowest BCUT2D eigenvalue weighted by Gasteiger charge is -2.17. The molecule has 3 aromatic rings. The van der Waals surface area contributed by atoms with E-state index in [0.717, 1.165) is 12.1 Å². The lowest BCUT2D eigenvalue weighted by Crippen LogP contribution is -2.26. The van der Waals surface area contributed by atoms with Gasteiger partial charge in [0, 0.05) is 36.9 Å². The molecule has 7 nitrogen and oxygen atoms in total. The molecule has 1 saturated heterocycles. The smallest absolute Gasteiger partial charge is 0.311 e. The molecule has 0 aliphatic carbocycles. The number of methoxy groups -OCH3 is 1.